The highest BCUT2D eigenvalue weighted by atomic mass is 32.2. The summed E-state index contributed by atoms with van der Waals surface area (Å²) in [5, 5.41) is 0. The molecule has 0 aromatic heterocycles. The second-order valence-electron chi connectivity index (χ2n) is 3.35. The molecule has 1 aromatic carbocycles. The number of fused-ring (bicyclic) bond motifs is 1. The van der Waals surface area contributed by atoms with Gasteiger partial charge in [-0.1, -0.05) is 19.9 Å². The van der Waals surface area contributed by atoms with E-state index in [1.807, 2.05) is 13.8 Å². The summed E-state index contributed by atoms with van der Waals surface area (Å²) in [5.74, 6) is 0.815. The van der Waals surface area contributed by atoms with Crippen LogP contribution in [0, 0.1) is 0 Å². The van der Waals surface area contributed by atoms with Gasteiger partial charge in [-0.15, -0.1) is 0 Å². The number of nitrogens with one attached hydrogen (secondary N) is 1. The van der Waals surface area contributed by atoms with E-state index in [1.165, 1.54) is 0 Å². The first-order chi connectivity index (χ1) is 9.22. The topological polar surface area (TPSA) is 85.9 Å². The molecule has 1 aromatic rings. The van der Waals surface area contributed by atoms with E-state index in [2.05, 4.69) is 9.12 Å². The Labute approximate surface area is 115 Å². The Morgan fingerprint density at radius 3 is 2.79 bits per heavy atom. The van der Waals surface area contributed by atoms with Gasteiger partial charge in [-0.25, -0.2) is 4.21 Å². The smallest absolute Gasteiger partial charge is 0.245 e. The van der Waals surface area contributed by atoms with Crippen LogP contribution in [-0.2, 0) is 15.9 Å². The van der Waals surface area contributed by atoms with Crippen molar-refractivity contribution in [2.45, 2.75) is 13.8 Å². The largest absolute Gasteiger partial charge is 0.490 e. The molecule has 0 spiro atoms. The molecule has 0 fully saturated rings. The van der Waals surface area contributed by atoms with E-state index >= 15 is 0 Å². The molecule has 19 heavy (non-hydrogen) atoms. The van der Waals surface area contributed by atoms with Crippen LogP contribution in [0.15, 0.2) is 22.6 Å². The van der Waals surface area contributed by atoms with Gasteiger partial charge in [0.15, 0.2) is 0 Å². The van der Waals surface area contributed by atoms with Crippen LogP contribution < -0.4 is 15.2 Å². The van der Waals surface area contributed by atoms with Gasteiger partial charge in [-0.3, -0.25) is 4.72 Å². The summed E-state index contributed by atoms with van der Waals surface area (Å²) in [6, 6.07) is 5.36. The molecule has 0 saturated carbocycles. The summed E-state index contributed by atoms with van der Waals surface area (Å²) in [5.41, 5.74) is 7.05. The molecule has 0 amide bonds. The third kappa shape index (κ3) is 3.93. The van der Waals surface area contributed by atoms with E-state index in [1.54, 1.807) is 25.3 Å². The van der Waals surface area contributed by atoms with E-state index in [0.717, 1.165) is 0 Å². The van der Waals surface area contributed by atoms with Gasteiger partial charge in [-0.05, 0) is 12.1 Å². The SMILES string of the molecule is CC.COCCOc1cccc2c1C(N)=NS(=O)N2. The minimum absolute atomic E-state index is 0.213. The van der Waals surface area contributed by atoms with Gasteiger partial charge in [0.2, 0.25) is 11.2 Å². The first-order valence-corrected chi connectivity index (χ1v) is 7.11. The first-order valence-electron chi connectivity index (χ1n) is 6.00. The van der Waals surface area contributed by atoms with Gasteiger partial charge in [0.05, 0.1) is 17.9 Å². The number of nitrogens with two attached hydrogens (primary N) is 1. The molecule has 3 N–H and O–H groups in total. The number of nitrogens with zero attached hydrogens (tertiary/aromatic N) is 1. The zero-order valence-electron chi connectivity index (χ0n) is 11.3. The van der Waals surface area contributed by atoms with Gasteiger partial charge in [0.1, 0.15) is 18.2 Å². The van der Waals surface area contributed by atoms with Crippen molar-refractivity contribution in [2.24, 2.45) is 10.1 Å². The second-order valence-corrected chi connectivity index (χ2v) is 4.23. The molecule has 2 rings (SSSR count). The molecule has 1 aliphatic rings. The lowest BCUT2D eigenvalue weighted by Gasteiger charge is -2.18. The summed E-state index contributed by atoms with van der Waals surface area (Å²) in [6.45, 7) is 4.91. The van der Waals surface area contributed by atoms with Gasteiger partial charge in [-0.2, -0.15) is 4.40 Å². The van der Waals surface area contributed by atoms with Crippen LogP contribution in [0.25, 0.3) is 0 Å². The molecule has 0 bridgehead atoms. The zero-order chi connectivity index (χ0) is 14.3. The Morgan fingerprint density at radius 2 is 2.11 bits per heavy atom. The van der Waals surface area contributed by atoms with E-state index in [9.17, 15) is 4.21 Å². The molecule has 106 valence electrons. The van der Waals surface area contributed by atoms with Crippen molar-refractivity contribution in [1.82, 2.24) is 0 Å². The minimum Gasteiger partial charge on any atom is -0.490 e. The molecular weight excluding hydrogens is 266 g/mol. The number of benzene rings is 1. The molecule has 1 aliphatic heterocycles. The third-order valence-corrected chi connectivity index (χ3v) is 2.96. The van der Waals surface area contributed by atoms with Crippen LogP contribution in [0.5, 0.6) is 5.75 Å². The number of rotatable bonds is 4. The maximum Gasteiger partial charge on any atom is 0.245 e. The van der Waals surface area contributed by atoms with Crippen molar-refractivity contribution in [2.75, 3.05) is 25.0 Å². The Hall–Kier alpha value is -1.60. The number of anilines is 1. The Morgan fingerprint density at radius 1 is 1.37 bits per heavy atom. The summed E-state index contributed by atoms with van der Waals surface area (Å²) in [4.78, 5) is 0. The predicted molar refractivity (Wildman–Crippen MR) is 77.7 cm³/mol. The molecule has 1 heterocycles. The van der Waals surface area contributed by atoms with E-state index in [4.69, 9.17) is 15.2 Å². The van der Waals surface area contributed by atoms with Crippen molar-refractivity contribution < 1.29 is 13.7 Å². The number of amidine groups is 1. The number of hydrogen-bond donors (Lipinski definition) is 2. The van der Waals surface area contributed by atoms with Crippen LogP contribution in [-0.4, -0.2) is 30.4 Å². The monoisotopic (exact) mass is 285 g/mol. The highest BCUT2D eigenvalue weighted by molar-refractivity contribution is 7.85. The normalized spacial score (nSPS) is 16.4. The average molecular weight is 285 g/mol. The Balaban J connectivity index is 0.000000861. The molecule has 0 radical (unpaired) electrons. The van der Waals surface area contributed by atoms with Crippen molar-refractivity contribution in [3.8, 4) is 5.75 Å². The maximum atomic E-state index is 11.3. The number of hydrogen-bond acceptors (Lipinski definition) is 4. The lowest BCUT2D eigenvalue weighted by molar-refractivity contribution is 0.146. The standard InChI is InChI=1S/C10H13N3O3S.C2H6/c1-15-5-6-16-8-4-2-3-7-9(8)10(11)13-17(14)12-7;1-2/h2-4,12H,5-6H2,1H3,(H2,11,13);1-2H3. The van der Waals surface area contributed by atoms with Gasteiger partial charge >= 0.3 is 0 Å². The molecule has 1 atom stereocenters. The molecule has 0 saturated heterocycles. The molecule has 6 nitrogen and oxygen atoms in total. The summed E-state index contributed by atoms with van der Waals surface area (Å²) in [6.07, 6.45) is 0. The minimum atomic E-state index is -1.51. The van der Waals surface area contributed by atoms with Crippen LogP contribution >= 0.6 is 0 Å². The quantitative estimate of drug-likeness (QED) is 0.820. The van der Waals surface area contributed by atoms with Gasteiger partial charge in [0, 0.05) is 7.11 Å². The van der Waals surface area contributed by atoms with E-state index < -0.39 is 11.2 Å². The van der Waals surface area contributed by atoms with Crippen molar-refractivity contribution in [3.63, 3.8) is 0 Å². The highest BCUT2D eigenvalue weighted by Crippen LogP contribution is 2.29. The van der Waals surface area contributed by atoms with Crippen LogP contribution in [0.3, 0.4) is 0 Å². The Kier molecular flexibility index (Phi) is 6.31. The van der Waals surface area contributed by atoms with Gasteiger partial charge in [0.25, 0.3) is 0 Å². The van der Waals surface area contributed by atoms with Crippen LogP contribution in [0.2, 0.25) is 0 Å². The highest BCUT2D eigenvalue weighted by Gasteiger charge is 2.19. The second kappa shape index (κ2) is 7.75. The molecule has 1 unspecified atom stereocenters. The van der Waals surface area contributed by atoms with E-state index in [-0.39, 0.29) is 5.84 Å². The summed E-state index contributed by atoms with van der Waals surface area (Å²) < 4.78 is 28.2. The van der Waals surface area contributed by atoms with Crippen molar-refractivity contribution in [1.29, 1.82) is 0 Å². The van der Waals surface area contributed by atoms with Crippen molar-refractivity contribution in [3.05, 3.63) is 23.8 Å². The summed E-state index contributed by atoms with van der Waals surface area (Å²) in [7, 11) is 1.60. The number of methoxy groups -OCH3 is 1. The molecular formula is C12H19N3O3S. The summed E-state index contributed by atoms with van der Waals surface area (Å²) >= 11 is -1.51. The fraction of sp³-hybridized carbons (Fsp3) is 0.417. The first kappa shape index (κ1) is 15.5. The van der Waals surface area contributed by atoms with Gasteiger partial charge < -0.3 is 15.2 Å². The van der Waals surface area contributed by atoms with Crippen molar-refractivity contribution >= 4 is 22.7 Å². The number of ether oxygens (including phenoxy) is 2. The fourth-order valence-corrected chi connectivity index (χ4v) is 2.16. The average Bonchev–Trinajstić information content (AvgIpc) is 2.40. The maximum absolute atomic E-state index is 11.3. The Bertz CT molecular complexity index is 477. The zero-order valence-corrected chi connectivity index (χ0v) is 12.1. The van der Waals surface area contributed by atoms with Crippen LogP contribution in [0.4, 0.5) is 5.69 Å². The lowest BCUT2D eigenvalue weighted by Crippen LogP contribution is -2.24. The van der Waals surface area contributed by atoms with Crippen LogP contribution in [0.1, 0.15) is 19.4 Å². The molecule has 0 aliphatic carbocycles. The lowest BCUT2D eigenvalue weighted by atomic mass is 10.1. The molecule has 7 heteroatoms. The third-order valence-electron chi connectivity index (χ3n) is 2.21. The predicted octanol–water partition coefficient (Wildman–Crippen LogP) is 1.45. The fourth-order valence-electron chi connectivity index (χ4n) is 1.49. The van der Waals surface area contributed by atoms with E-state index in [0.29, 0.717) is 30.2 Å².